The highest BCUT2D eigenvalue weighted by molar-refractivity contribution is 5.95. The van der Waals surface area contributed by atoms with Crippen LogP contribution in [-0.2, 0) is 20.7 Å². The van der Waals surface area contributed by atoms with E-state index in [1.807, 2.05) is 64.1 Å². The molecule has 0 fully saturated rings. The van der Waals surface area contributed by atoms with Crippen LogP contribution in [0.15, 0.2) is 79.1 Å². The predicted octanol–water partition coefficient (Wildman–Crippen LogP) is 6.07. The Bertz CT molecular complexity index is 1380. The molecule has 3 rings (SSSR count). The number of rotatable bonds is 11. The Hall–Kier alpha value is -4.11. The van der Waals surface area contributed by atoms with Gasteiger partial charge in [0.2, 0.25) is 11.8 Å². The highest BCUT2D eigenvalue weighted by Crippen LogP contribution is 2.37. The average molecular weight is 605 g/mol. The summed E-state index contributed by atoms with van der Waals surface area (Å²) in [5.74, 6) is -2.89. The minimum absolute atomic E-state index is 0.115. The number of carbonyl (C=O) groups excluding carboxylic acids is 3. The smallest absolute Gasteiger partial charge is 0.417 e. The zero-order valence-corrected chi connectivity index (χ0v) is 26.7. The molecular formula is C35H45FN4O4. The zero-order valence-electron chi connectivity index (χ0n) is 26.7. The maximum atomic E-state index is 14.5. The van der Waals surface area contributed by atoms with E-state index >= 15 is 0 Å². The summed E-state index contributed by atoms with van der Waals surface area (Å²) < 4.78 is 20.2. The van der Waals surface area contributed by atoms with Crippen LogP contribution in [0.1, 0.15) is 77.0 Å². The summed E-state index contributed by atoms with van der Waals surface area (Å²) >= 11 is 0. The largest absolute Gasteiger partial charge is 0.443 e. The van der Waals surface area contributed by atoms with Crippen molar-refractivity contribution in [2.24, 2.45) is 5.73 Å². The van der Waals surface area contributed by atoms with Gasteiger partial charge in [0, 0.05) is 36.9 Å². The van der Waals surface area contributed by atoms with Crippen LogP contribution < -0.4 is 5.73 Å². The van der Waals surface area contributed by atoms with Crippen molar-refractivity contribution >= 4 is 17.9 Å². The van der Waals surface area contributed by atoms with E-state index in [1.54, 1.807) is 62.3 Å². The summed E-state index contributed by atoms with van der Waals surface area (Å²) in [4.78, 5) is 49.3. The van der Waals surface area contributed by atoms with Gasteiger partial charge in [-0.1, -0.05) is 54.6 Å². The van der Waals surface area contributed by atoms with Crippen LogP contribution in [0.5, 0.6) is 0 Å². The van der Waals surface area contributed by atoms with Gasteiger partial charge in [0.15, 0.2) is 0 Å². The molecule has 9 heteroatoms. The molecule has 0 radical (unpaired) electrons. The van der Waals surface area contributed by atoms with Crippen LogP contribution in [0.3, 0.4) is 0 Å². The Morgan fingerprint density at radius 2 is 1.45 bits per heavy atom. The van der Waals surface area contributed by atoms with E-state index in [4.69, 9.17) is 10.5 Å². The Morgan fingerprint density at radius 1 is 0.864 bits per heavy atom. The third-order valence-electron chi connectivity index (χ3n) is 7.28. The number of nitrogens with zero attached hydrogens (tertiary/aromatic N) is 3. The van der Waals surface area contributed by atoms with E-state index in [0.29, 0.717) is 5.56 Å². The zero-order chi connectivity index (χ0) is 32.6. The lowest BCUT2D eigenvalue weighted by atomic mass is 9.80. The Balaban J connectivity index is 2.16. The number of hydrogen-bond donors (Lipinski definition) is 1. The van der Waals surface area contributed by atoms with Crippen molar-refractivity contribution in [3.63, 3.8) is 0 Å². The van der Waals surface area contributed by atoms with Gasteiger partial charge in [0.05, 0.1) is 12.0 Å². The molecule has 0 aliphatic carbocycles. The van der Waals surface area contributed by atoms with Crippen molar-refractivity contribution in [2.45, 2.75) is 90.4 Å². The number of amides is 3. The van der Waals surface area contributed by atoms with E-state index in [9.17, 15) is 18.8 Å². The third kappa shape index (κ3) is 8.95. The first-order valence-electron chi connectivity index (χ1n) is 15.0. The van der Waals surface area contributed by atoms with Crippen LogP contribution in [0.4, 0.5) is 9.18 Å². The van der Waals surface area contributed by atoms with E-state index in [0.717, 1.165) is 10.5 Å². The summed E-state index contributed by atoms with van der Waals surface area (Å²) in [6, 6.07) is 17.5. The minimum atomic E-state index is -1.24. The molecular weight excluding hydrogens is 559 g/mol. The van der Waals surface area contributed by atoms with Gasteiger partial charge >= 0.3 is 6.09 Å². The topological polar surface area (TPSA) is 106 Å². The number of benzene rings is 2. The van der Waals surface area contributed by atoms with E-state index in [2.05, 4.69) is 4.98 Å². The molecule has 44 heavy (non-hydrogen) atoms. The summed E-state index contributed by atoms with van der Waals surface area (Å²) in [5.41, 5.74) is 7.08. The first-order valence-corrected chi connectivity index (χ1v) is 15.0. The number of halogens is 1. The van der Waals surface area contributed by atoms with Crippen molar-refractivity contribution in [1.29, 1.82) is 0 Å². The van der Waals surface area contributed by atoms with Crippen molar-refractivity contribution < 1.29 is 23.5 Å². The molecule has 8 nitrogen and oxygen atoms in total. The first kappa shape index (κ1) is 34.4. The molecule has 0 spiro atoms. The second kappa shape index (κ2) is 15.1. The highest BCUT2D eigenvalue weighted by Gasteiger charge is 2.40. The number of nitrogens with two attached hydrogens (primary N) is 1. The number of imide groups is 1. The van der Waals surface area contributed by atoms with Crippen LogP contribution in [0, 0.1) is 5.82 Å². The lowest BCUT2D eigenvalue weighted by Gasteiger charge is -2.38. The fourth-order valence-corrected chi connectivity index (χ4v) is 5.43. The summed E-state index contributed by atoms with van der Waals surface area (Å²) in [6.45, 7) is 12.7. The molecule has 0 saturated heterocycles. The molecule has 0 bridgehead atoms. The molecule has 0 saturated carbocycles. The summed E-state index contributed by atoms with van der Waals surface area (Å²) in [5, 5.41) is 0. The van der Waals surface area contributed by atoms with Crippen molar-refractivity contribution in [3.05, 3.63) is 102 Å². The lowest BCUT2D eigenvalue weighted by molar-refractivity contribution is -0.138. The SMILES string of the molecule is CC(C)N(C(=O)C(c1cccnc1)C(CN(C(=O)OC(C)(C)C)C(=O)C(N)Cc1ccccc1F)c1ccccc1)C(C)C. The molecule has 1 aromatic heterocycles. The molecule has 3 atom stereocenters. The van der Waals surface area contributed by atoms with Crippen molar-refractivity contribution in [2.75, 3.05) is 6.54 Å². The fraction of sp³-hybridized carbons (Fsp3) is 0.429. The van der Waals surface area contributed by atoms with E-state index in [1.165, 1.54) is 6.07 Å². The van der Waals surface area contributed by atoms with Gasteiger partial charge in [0.1, 0.15) is 11.4 Å². The Morgan fingerprint density at radius 3 is 2.00 bits per heavy atom. The lowest BCUT2D eigenvalue weighted by Crippen LogP contribution is -2.52. The van der Waals surface area contributed by atoms with Gasteiger partial charge in [-0.25, -0.2) is 14.1 Å². The first-order chi connectivity index (χ1) is 20.7. The van der Waals surface area contributed by atoms with Crippen molar-refractivity contribution in [3.8, 4) is 0 Å². The van der Waals surface area contributed by atoms with Crippen LogP contribution in [0.25, 0.3) is 0 Å². The van der Waals surface area contributed by atoms with Gasteiger partial charge in [-0.05, 0) is 83.7 Å². The fourth-order valence-electron chi connectivity index (χ4n) is 5.43. The second-order valence-electron chi connectivity index (χ2n) is 12.5. The number of hydrogen-bond acceptors (Lipinski definition) is 6. The van der Waals surface area contributed by atoms with Crippen molar-refractivity contribution in [1.82, 2.24) is 14.8 Å². The van der Waals surface area contributed by atoms with E-state index < -0.39 is 41.3 Å². The third-order valence-corrected chi connectivity index (χ3v) is 7.28. The van der Waals surface area contributed by atoms with Gasteiger partial charge in [-0.3, -0.25) is 14.6 Å². The van der Waals surface area contributed by atoms with Gasteiger partial charge in [-0.15, -0.1) is 0 Å². The quantitative estimate of drug-likeness (QED) is 0.285. The average Bonchev–Trinajstić information content (AvgIpc) is 2.95. The number of carbonyl (C=O) groups is 3. The number of ether oxygens (including phenoxy) is 1. The summed E-state index contributed by atoms with van der Waals surface area (Å²) in [6.07, 6.45) is 2.25. The molecule has 3 unspecified atom stereocenters. The maximum absolute atomic E-state index is 14.5. The molecule has 1 heterocycles. The molecule has 2 N–H and O–H groups in total. The maximum Gasteiger partial charge on any atom is 0.417 e. The molecule has 3 aromatic rings. The predicted molar refractivity (Wildman–Crippen MR) is 169 cm³/mol. The monoisotopic (exact) mass is 604 g/mol. The van der Waals surface area contributed by atoms with Crippen LogP contribution in [0.2, 0.25) is 0 Å². The molecule has 236 valence electrons. The summed E-state index contributed by atoms with van der Waals surface area (Å²) in [7, 11) is 0. The van der Waals surface area contributed by atoms with Crippen LogP contribution in [-0.4, -0.2) is 63.0 Å². The number of aromatic nitrogens is 1. The Labute approximate surface area is 260 Å². The normalized spacial score (nSPS) is 13.7. The van der Waals surface area contributed by atoms with Gasteiger partial charge < -0.3 is 15.4 Å². The Kier molecular flexibility index (Phi) is 11.8. The van der Waals surface area contributed by atoms with Gasteiger partial charge in [-0.2, -0.15) is 0 Å². The second-order valence-corrected chi connectivity index (χ2v) is 12.5. The highest BCUT2D eigenvalue weighted by atomic mass is 19.1. The van der Waals surface area contributed by atoms with Gasteiger partial charge in [0.25, 0.3) is 0 Å². The minimum Gasteiger partial charge on any atom is -0.443 e. The molecule has 0 aliphatic heterocycles. The molecule has 3 amide bonds. The van der Waals surface area contributed by atoms with Crippen LogP contribution >= 0.6 is 0 Å². The molecule has 0 aliphatic rings. The molecule has 2 aromatic carbocycles. The number of pyridine rings is 1. The standard InChI is InChI=1S/C35H45FN4O4/c1-23(2)40(24(3)4)33(42)31(27-17-13-19-38-21-27)28(25-14-9-8-10-15-25)22-39(34(43)44-35(5,6)7)32(41)30(37)20-26-16-11-12-18-29(26)36/h8-19,21,23-24,28,30-31H,20,22,37H2,1-7H3. The van der Waals surface area contributed by atoms with E-state index in [-0.39, 0.29) is 36.5 Å².